The third-order valence-electron chi connectivity index (χ3n) is 6.54. The molecule has 0 radical (unpaired) electrons. The standard InChI is InChI=1S/C12H6F6N2.2C12H10FN.3F6P.Ir/c13-11(14,15)7-1-3-19-9(5-7)10-6-8(2-4-20-10)12(16,17)18;2*1-9-2-7-12(14-8-9)10-3-5-11(13)6-4-10;3*1-7(2,3,4,5)6;/h1-6H;2*2-8H,1H3;;;;/q;;;3*-1;+3. The van der Waals surface area contributed by atoms with Crippen LogP contribution in [0.3, 0.4) is 0 Å². The van der Waals surface area contributed by atoms with Crippen molar-refractivity contribution in [2.75, 3.05) is 0 Å². The second-order valence-corrected chi connectivity index (χ2v) is 18.9. The first-order valence-corrected chi connectivity index (χ1v) is 23.3. The number of pyridine rings is 4. The van der Waals surface area contributed by atoms with E-state index in [1.54, 1.807) is 36.7 Å². The molecule has 6 rings (SSSR count). The van der Waals surface area contributed by atoms with Crippen LogP contribution < -0.4 is 0 Å². The summed E-state index contributed by atoms with van der Waals surface area (Å²) in [5.41, 5.74) is 3.32. The van der Waals surface area contributed by atoms with Crippen LogP contribution in [0.1, 0.15) is 22.3 Å². The number of benzene rings is 2. The van der Waals surface area contributed by atoms with Crippen LogP contribution in [0.15, 0.2) is 122 Å². The van der Waals surface area contributed by atoms with Gasteiger partial charge in [0.15, 0.2) is 0 Å². The third-order valence-corrected chi connectivity index (χ3v) is 6.54. The second-order valence-electron chi connectivity index (χ2n) is 13.2. The topological polar surface area (TPSA) is 51.6 Å². The van der Waals surface area contributed by atoms with Gasteiger partial charge in [-0.2, -0.15) is 26.3 Å². The van der Waals surface area contributed by atoms with Crippen molar-refractivity contribution in [3.05, 3.63) is 156 Å². The summed E-state index contributed by atoms with van der Waals surface area (Å²) in [6.07, 6.45) is -3.84. The number of aromatic nitrogens is 4. The van der Waals surface area contributed by atoms with Crippen molar-refractivity contribution in [2.45, 2.75) is 26.2 Å². The summed E-state index contributed by atoms with van der Waals surface area (Å²) in [6, 6.07) is 23.3. The second kappa shape index (κ2) is 20.3. The van der Waals surface area contributed by atoms with Gasteiger partial charge in [0.2, 0.25) is 0 Å². The van der Waals surface area contributed by atoms with Crippen molar-refractivity contribution in [2.24, 2.45) is 0 Å². The predicted octanol–water partition coefficient (Wildman–Crippen LogP) is 20.7. The van der Waals surface area contributed by atoms with E-state index in [2.05, 4.69) is 19.9 Å². The van der Waals surface area contributed by atoms with Gasteiger partial charge in [0, 0.05) is 35.9 Å². The van der Waals surface area contributed by atoms with E-state index >= 15 is 0 Å². The quantitative estimate of drug-likeness (QED) is 0.131. The molecule has 0 aliphatic carbocycles. The number of halogens is 26. The van der Waals surface area contributed by atoms with Crippen molar-refractivity contribution >= 4 is 23.4 Å². The molecule has 6 aromatic rings. The average Bonchev–Trinajstić information content (AvgIpc) is 3.12. The summed E-state index contributed by atoms with van der Waals surface area (Å²) in [5, 5.41) is 0. The molecule has 0 saturated heterocycles. The first kappa shape index (κ1) is 65.2. The van der Waals surface area contributed by atoms with E-state index in [4.69, 9.17) is 0 Å². The molecular weight excluding hydrogens is 1270 g/mol. The zero-order valence-electron chi connectivity index (χ0n) is 33.8. The molecule has 0 aliphatic rings. The maximum atomic E-state index is 12.6. The van der Waals surface area contributed by atoms with Crippen LogP contribution in [0.2, 0.25) is 0 Å². The van der Waals surface area contributed by atoms with Gasteiger partial charge in [-0.05, 0) is 110 Å². The first-order chi connectivity index (χ1) is 30.0. The molecule has 396 valence electrons. The van der Waals surface area contributed by atoms with Gasteiger partial charge in [0.1, 0.15) is 11.6 Å². The third kappa shape index (κ3) is 38.9. The zero-order chi connectivity index (χ0) is 54.1. The minimum Gasteiger partial charge on any atom is 3.00 e. The smallest absolute Gasteiger partial charge is 3.00 e. The molecule has 34 heteroatoms. The fraction of sp³-hybridized carbons (Fsp3) is 0.111. The van der Waals surface area contributed by atoms with Gasteiger partial charge in [0.25, 0.3) is 0 Å². The Balaban J connectivity index is 0.000000857. The van der Waals surface area contributed by atoms with Crippen molar-refractivity contribution in [1.29, 1.82) is 0 Å². The van der Waals surface area contributed by atoms with Gasteiger partial charge in [-0.25, -0.2) is 8.78 Å². The number of alkyl halides is 6. The van der Waals surface area contributed by atoms with Crippen LogP contribution in [0.5, 0.6) is 0 Å². The largest absolute Gasteiger partial charge is 3.00 e. The molecule has 0 spiro atoms. The maximum absolute atomic E-state index is 12.6. The van der Waals surface area contributed by atoms with Gasteiger partial charge in [-0.3, -0.25) is 19.9 Å². The number of hydrogen-bond acceptors (Lipinski definition) is 4. The molecular formula is C36H26F26IrN4P3. The molecule has 0 atom stereocenters. The Morgan fingerprint density at radius 3 is 0.786 bits per heavy atom. The first-order valence-electron chi connectivity index (χ1n) is 17.2. The zero-order valence-corrected chi connectivity index (χ0v) is 38.9. The fourth-order valence-corrected chi connectivity index (χ4v) is 4.01. The molecule has 0 N–H and O–H groups in total. The molecule has 4 aromatic heterocycles. The van der Waals surface area contributed by atoms with E-state index in [1.807, 2.05) is 38.1 Å². The molecule has 0 aliphatic heterocycles. The molecule has 0 bridgehead atoms. The van der Waals surface area contributed by atoms with Gasteiger partial charge < -0.3 is 0 Å². The molecule has 4 heterocycles. The molecule has 0 fully saturated rings. The summed E-state index contributed by atoms with van der Waals surface area (Å²) < 4.78 is 278. The summed E-state index contributed by atoms with van der Waals surface area (Å²) in [6.45, 7) is 3.98. The van der Waals surface area contributed by atoms with Crippen molar-refractivity contribution < 1.29 is 131 Å². The fourth-order valence-electron chi connectivity index (χ4n) is 4.01. The number of hydrogen-bond donors (Lipinski definition) is 0. The van der Waals surface area contributed by atoms with Crippen LogP contribution >= 0.6 is 23.4 Å². The van der Waals surface area contributed by atoms with Crippen LogP contribution in [0, 0.1) is 25.5 Å². The molecule has 0 amide bonds. The van der Waals surface area contributed by atoms with Crippen molar-refractivity contribution in [3.63, 3.8) is 0 Å². The van der Waals surface area contributed by atoms with E-state index in [0.717, 1.165) is 58.2 Å². The van der Waals surface area contributed by atoms with Crippen LogP contribution in [0.4, 0.5) is 111 Å². The Kier molecular flexibility index (Phi) is 18.9. The number of rotatable bonds is 3. The monoisotopic (exact) mass is 1290 g/mol. The Morgan fingerprint density at radius 2 is 0.586 bits per heavy atom. The van der Waals surface area contributed by atoms with Gasteiger partial charge in [-0.15, -0.1) is 0 Å². The summed E-state index contributed by atoms with van der Waals surface area (Å²) in [4.78, 5) is 15.7. The van der Waals surface area contributed by atoms with Crippen LogP contribution in [-0.4, -0.2) is 19.9 Å². The van der Waals surface area contributed by atoms with E-state index in [9.17, 15) is 111 Å². The summed E-state index contributed by atoms with van der Waals surface area (Å²) in [7, 11) is -32.0. The van der Waals surface area contributed by atoms with Crippen molar-refractivity contribution in [1.82, 2.24) is 19.9 Å². The van der Waals surface area contributed by atoms with E-state index in [0.29, 0.717) is 12.1 Å². The van der Waals surface area contributed by atoms with E-state index in [1.165, 1.54) is 24.3 Å². The summed E-state index contributed by atoms with van der Waals surface area (Å²) >= 11 is 0. The minimum absolute atomic E-state index is 0. The number of nitrogens with zero attached hydrogens (tertiary/aromatic N) is 4. The van der Waals surface area contributed by atoms with Crippen molar-refractivity contribution in [3.8, 4) is 33.9 Å². The number of aryl methyl sites for hydroxylation is 2. The Bertz CT molecular complexity index is 2280. The Labute approximate surface area is 389 Å². The Morgan fingerprint density at radius 1 is 0.343 bits per heavy atom. The van der Waals surface area contributed by atoms with Gasteiger partial charge >= 0.3 is 131 Å². The molecule has 70 heavy (non-hydrogen) atoms. The van der Waals surface area contributed by atoms with Crippen LogP contribution in [-0.2, 0) is 32.5 Å². The normalized spacial score (nSPS) is 14.6. The Hall–Kier alpha value is -4.84. The minimum atomic E-state index is -10.7. The summed E-state index contributed by atoms with van der Waals surface area (Å²) in [5.74, 6) is -0.443. The molecule has 0 saturated carbocycles. The molecule has 2 aromatic carbocycles. The van der Waals surface area contributed by atoms with E-state index in [-0.39, 0.29) is 43.1 Å². The van der Waals surface area contributed by atoms with Gasteiger partial charge in [-0.1, -0.05) is 12.1 Å². The van der Waals surface area contributed by atoms with Crippen LogP contribution in [0.25, 0.3) is 33.9 Å². The van der Waals surface area contributed by atoms with Gasteiger partial charge in [0.05, 0.1) is 33.9 Å². The average molecular weight is 1290 g/mol. The SMILES string of the molecule is Cc1ccc(-c2ccc(F)cc2)nc1.Cc1ccc(-c2ccc(F)cc2)nc1.FC(F)(F)c1ccnc(-c2cc(C(F)(F)F)ccn2)c1.F[P-](F)(F)(F)(F)F.F[P-](F)(F)(F)(F)F.F[P-](F)(F)(F)(F)F.[Ir+3]. The predicted molar refractivity (Wildman–Crippen MR) is 207 cm³/mol. The molecule has 0 unspecified atom stereocenters. The molecule has 4 nitrogen and oxygen atoms in total. The van der Waals surface area contributed by atoms with E-state index < -0.39 is 46.9 Å². The maximum Gasteiger partial charge on any atom is 3.00 e.